The second kappa shape index (κ2) is 15.0. The number of hydrogen-bond donors (Lipinski definition) is 6. The molecule has 0 heterocycles. The number of nitrogens with zero attached hydrogens (tertiary/aromatic N) is 1. The third-order valence-electron chi connectivity index (χ3n) is 6.33. The average Bonchev–Trinajstić information content (AvgIpc) is 2.85. The minimum Gasteiger partial charge on any atom is -0.491 e. The van der Waals surface area contributed by atoms with E-state index in [4.69, 9.17) is 27.7 Å². The molecule has 1 aliphatic carbocycles. The molecule has 2 rings (SSSR count). The molecule has 0 aliphatic heterocycles. The quantitative estimate of drug-likeness (QED) is 0.122. The molecule has 1 aromatic rings. The lowest BCUT2D eigenvalue weighted by Crippen LogP contribution is -2.50. The molecule has 0 spiro atoms. The van der Waals surface area contributed by atoms with Crippen molar-refractivity contribution < 1.29 is 19.1 Å². The van der Waals surface area contributed by atoms with Gasteiger partial charge >= 0.3 is 0 Å². The fraction of sp³-hybridized carbons (Fsp3) is 0.615. The van der Waals surface area contributed by atoms with Crippen LogP contribution >= 0.6 is 0 Å². The number of primary amides is 1. The third kappa shape index (κ3) is 10.7. The zero-order valence-electron chi connectivity index (χ0n) is 22.0. The van der Waals surface area contributed by atoms with Crippen LogP contribution in [0.25, 0.3) is 0 Å². The Balaban J connectivity index is 2.16. The number of rotatable bonds is 14. The van der Waals surface area contributed by atoms with Crippen LogP contribution in [0, 0.1) is 11.8 Å². The first-order chi connectivity index (χ1) is 17.6. The predicted octanol–water partition coefficient (Wildman–Crippen LogP) is 1.59. The summed E-state index contributed by atoms with van der Waals surface area (Å²) in [6.45, 7) is 4.75. The number of nitrogens with two attached hydrogens (primary N) is 4. The van der Waals surface area contributed by atoms with Crippen LogP contribution in [0.4, 0.5) is 5.69 Å². The van der Waals surface area contributed by atoms with Gasteiger partial charge in [0, 0.05) is 12.1 Å². The molecule has 11 heteroatoms. The van der Waals surface area contributed by atoms with Gasteiger partial charge in [-0.25, -0.2) is 0 Å². The van der Waals surface area contributed by atoms with E-state index in [2.05, 4.69) is 15.6 Å². The molecule has 10 N–H and O–H groups in total. The van der Waals surface area contributed by atoms with E-state index in [1.54, 1.807) is 6.07 Å². The summed E-state index contributed by atoms with van der Waals surface area (Å²) in [5, 5.41) is 5.74. The van der Waals surface area contributed by atoms with E-state index >= 15 is 0 Å². The van der Waals surface area contributed by atoms with Gasteiger partial charge in [0.25, 0.3) is 0 Å². The SMILES string of the molecule is CC(C)COc1cc(C(N)=O)ccc1NC(=O)[C@H](CC1CCCCC1)NC(=O)[C@@H](N)CCCN=C(N)N. The van der Waals surface area contributed by atoms with Crippen molar-refractivity contribution in [2.75, 3.05) is 18.5 Å². The smallest absolute Gasteiger partial charge is 0.248 e. The number of hydrogen-bond acceptors (Lipinski definition) is 6. The Hall–Kier alpha value is -3.34. The molecular weight excluding hydrogens is 474 g/mol. The van der Waals surface area contributed by atoms with Gasteiger partial charge in [-0.3, -0.25) is 19.4 Å². The molecule has 0 unspecified atom stereocenters. The highest BCUT2D eigenvalue weighted by Crippen LogP contribution is 2.29. The summed E-state index contributed by atoms with van der Waals surface area (Å²) in [6, 6.07) is 3.06. The van der Waals surface area contributed by atoms with Crippen LogP contribution in [0.5, 0.6) is 5.75 Å². The minimum absolute atomic E-state index is 0.0113. The number of anilines is 1. The monoisotopic (exact) mass is 517 g/mol. The van der Waals surface area contributed by atoms with E-state index in [0.29, 0.717) is 49.8 Å². The average molecular weight is 518 g/mol. The van der Waals surface area contributed by atoms with Crippen molar-refractivity contribution in [1.29, 1.82) is 0 Å². The molecule has 37 heavy (non-hydrogen) atoms. The number of carbonyl (C=O) groups is 3. The second-order valence-electron chi connectivity index (χ2n) is 10.1. The number of nitrogens with one attached hydrogen (secondary N) is 2. The Morgan fingerprint density at radius 1 is 1.08 bits per heavy atom. The van der Waals surface area contributed by atoms with Gasteiger partial charge in [0.15, 0.2) is 5.96 Å². The largest absolute Gasteiger partial charge is 0.491 e. The van der Waals surface area contributed by atoms with Crippen molar-refractivity contribution in [2.45, 2.75) is 77.3 Å². The molecule has 2 atom stereocenters. The van der Waals surface area contributed by atoms with Gasteiger partial charge in [-0.1, -0.05) is 46.0 Å². The molecule has 1 aliphatic rings. The first-order valence-electron chi connectivity index (χ1n) is 13.1. The fourth-order valence-corrected chi connectivity index (χ4v) is 4.29. The Bertz CT molecular complexity index is 941. The van der Waals surface area contributed by atoms with Gasteiger partial charge in [0.1, 0.15) is 11.8 Å². The maximum atomic E-state index is 13.4. The van der Waals surface area contributed by atoms with E-state index in [-0.39, 0.29) is 23.3 Å². The van der Waals surface area contributed by atoms with Crippen LogP contribution in [0.2, 0.25) is 0 Å². The highest BCUT2D eigenvalue weighted by atomic mass is 16.5. The van der Waals surface area contributed by atoms with Gasteiger partial charge < -0.3 is 38.3 Å². The summed E-state index contributed by atoms with van der Waals surface area (Å²) in [5.74, 6) is -0.470. The summed E-state index contributed by atoms with van der Waals surface area (Å²) in [4.78, 5) is 41.9. The van der Waals surface area contributed by atoms with Crippen molar-refractivity contribution in [2.24, 2.45) is 39.8 Å². The number of benzene rings is 1. The van der Waals surface area contributed by atoms with Crippen LogP contribution < -0.4 is 38.3 Å². The summed E-state index contributed by atoms with van der Waals surface area (Å²) >= 11 is 0. The first kappa shape index (κ1) is 29.9. The second-order valence-corrected chi connectivity index (χ2v) is 10.1. The molecule has 206 valence electrons. The van der Waals surface area contributed by atoms with Gasteiger partial charge in [-0.05, 0) is 49.3 Å². The number of guanidine groups is 1. The van der Waals surface area contributed by atoms with Crippen LogP contribution in [-0.2, 0) is 9.59 Å². The number of amides is 3. The molecule has 0 radical (unpaired) electrons. The van der Waals surface area contributed by atoms with Crippen LogP contribution in [0.15, 0.2) is 23.2 Å². The molecular formula is C26H43N7O4. The molecule has 0 bridgehead atoms. The molecule has 0 aromatic heterocycles. The Morgan fingerprint density at radius 2 is 1.78 bits per heavy atom. The van der Waals surface area contributed by atoms with E-state index in [1.807, 2.05) is 13.8 Å². The summed E-state index contributed by atoms with van der Waals surface area (Å²) < 4.78 is 5.85. The lowest BCUT2D eigenvalue weighted by Gasteiger charge is -2.27. The fourth-order valence-electron chi connectivity index (χ4n) is 4.29. The standard InChI is InChI=1S/C26H43N7O4/c1-16(2)15-37-22-14-18(23(28)34)10-11-20(22)32-25(36)21(13-17-7-4-3-5-8-17)33-24(35)19(27)9-6-12-31-26(29)30/h10-11,14,16-17,19,21H,3-9,12-13,15,27H2,1-2H3,(H2,28,34)(H,32,36)(H,33,35)(H4,29,30,31)/t19-,21-/m0/s1. The molecule has 0 saturated heterocycles. The third-order valence-corrected chi connectivity index (χ3v) is 6.33. The highest BCUT2D eigenvalue weighted by molar-refractivity contribution is 6.00. The number of aliphatic imine (C=N–C) groups is 1. The van der Waals surface area contributed by atoms with Gasteiger partial charge in [0.05, 0.1) is 18.3 Å². The lowest BCUT2D eigenvalue weighted by molar-refractivity contribution is -0.127. The van der Waals surface area contributed by atoms with Crippen molar-refractivity contribution in [3.63, 3.8) is 0 Å². The van der Waals surface area contributed by atoms with Crippen molar-refractivity contribution in [3.05, 3.63) is 23.8 Å². The van der Waals surface area contributed by atoms with Crippen LogP contribution in [0.3, 0.4) is 0 Å². The van der Waals surface area contributed by atoms with Crippen LogP contribution in [0.1, 0.15) is 75.6 Å². The maximum Gasteiger partial charge on any atom is 0.248 e. The Kier molecular flexibility index (Phi) is 12.1. The van der Waals surface area contributed by atoms with Crippen molar-refractivity contribution in [1.82, 2.24) is 5.32 Å². The van der Waals surface area contributed by atoms with Gasteiger partial charge in [-0.15, -0.1) is 0 Å². The zero-order valence-corrected chi connectivity index (χ0v) is 22.0. The predicted molar refractivity (Wildman–Crippen MR) is 145 cm³/mol. The molecule has 1 aromatic carbocycles. The topological polar surface area (TPSA) is 201 Å². The van der Waals surface area contributed by atoms with E-state index in [1.165, 1.54) is 18.6 Å². The zero-order chi connectivity index (χ0) is 27.4. The summed E-state index contributed by atoms with van der Waals surface area (Å²) in [5.41, 5.74) is 22.8. The molecule has 1 fully saturated rings. The van der Waals surface area contributed by atoms with Gasteiger partial charge in [0.2, 0.25) is 17.7 Å². The first-order valence-corrected chi connectivity index (χ1v) is 13.1. The van der Waals surface area contributed by atoms with E-state index < -0.39 is 23.9 Å². The highest BCUT2D eigenvalue weighted by Gasteiger charge is 2.28. The van der Waals surface area contributed by atoms with E-state index in [9.17, 15) is 14.4 Å². The Labute approximate surface area is 219 Å². The van der Waals surface area contributed by atoms with Gasteiger partial charge in [-0.2, -0.15) is 0 Å². The molecule has 11 nitrogen and oxygen atoms in total. The van der Waals surface area contributed by atoms with E-state index in [0.717, 1.165) is 25.7 Å². The normalized spacial score (nSPS) is 15.5. The molecule has 1 saturated carbocycles. The number of carbonyl (C=O) groups excluding carboxylic acids is 3. The Morgan fingerprint density at radius 3 is 2.41 bits per heavy atom. The molecule has 3 amide bonds. The minimum atomic E-state index is -0.796. The van der Waals surface area contributed by atoms with Crippen LogP contribution in [-0.4, -0.2) is 48.9 Å². The van der Waals surface area contributed by atoms with Crippen molar-refractivity contribution >= 4 is 29.4 Å². The van der Waals surface area contributed by atoms with Crippen molar-refractivity contribution in [3.8, 4) is 5.75 Å². The summed E-state index contributed by atoms with van der Waals surface area (Å²) in [6.07, 6.45) is 6.86. The lowest BCUT2D eigenvalue weighted by atomic mass is 9.84. The number of ether oxygens (including phenoxy) is 1. The summed E-state index contributed by atoms with van der Waals surface area (Å²) in [7, 11) is 0. The maximum absolute atomic E-state index is 13.4.